The van der Waals surface area contributed by atoms with E-state index >= 15 is 0 Å². The predicted molar refractivity (Wildman–Crippen MR) is 61.5 cm³/mol. The molecule has 0 aliphatic heterocycles. The van der Waals surface area contributed by atoms with E-state index < -0.39 is 5.60 Å². The number of hydrogen-bond acceptors (Lipinski definition) is 4. The minimum absolute atomic E-state index is 0.369. The Hall–Kier alpha value is -1.03. The average Bonchev–Trinajstić information content (AvgIpc) is 2.15. The van der Waals surface area contributed by atoms with Crippen LogP contribution in [0.2, 0.25) is 0 Å². The van der Waals surface area contributed by atoms with Crippen molar-refractivity contribution in [2.45, 2.75) is 53.1 Å². The van der Waals surface area contributed by atoms with Gasteiger partial charge in [0.15, 0.2) is 0 Å². The van der Waals surface area contributed by atoms with Gasteiger partial charge in [-0.25, -0.2) is 4.79 Å². The lowest BCUT2D eigenvalue weighted by molar-refractivity contribution is -0.310. The van der Waals surface area contributed by atoms with Crippen molar-refractivity contribution >= 4 is 5.97 Å². The molecule has 94 valence electrons. The molecule has 0 aliphatic carbocycles. The molecular weight excluding hydrogens is 208 g/mol. The van der Waals surface area contributed by atoms with Crippen LogP contribution in [0.5, 0.6) is 0 Å². The number of rotatable bonds is 6. The first-order chi connectivity index (χ1) is 7.37. The molecule has 0 fully saturated rings. The molecular formula is C12H22O4. The summed E-state index contributed by atoms with van der Waals surface area (Å²) < 4.78 is 4.98. The van der Waals surface area contributed by atoms with E-state index in [9.17, 15) is 4.79 Å². The molecule has 0 N–H and O–H groups in total. The molecule has 0 aromatic carbocycles. The van der Waals surface area contributed by atoms with Gasteiger partial charge in [0.1, 0.15) is 11.9 Å². The molecule has 0 saturated heterocycles. The highest BCUT2D eigenvalue weighted by molar-refractivity contribution is 5.87. The van der Waals surface area contributed by atoms with E-state index in [1.54, 1.807) is 6.92 Å². The molecule has 16 heavy (non-hydrogen) atoms. The van der Waals surface area contributed by atoms with Crippen molar-refractivity contribution in [2.24, 2.45) is 0 Å². The third-order valence-electron chi connectivity index (χ3n) is 1.58. The summed E-state index contributed by atoms with van der Waals surface area (Å²) in [7, 11) is 0. The van der Waals surface area contributed by atoms with E-state index in [-0.39, 0.29) is 5.97 Å². The summed E-state index contributed by atoms with van der Waals surface area (Å²) in [5.74, 6) is -0.369. The van der Waals surface area contributed by atoms with Gasteiger partial charge < -0.3 is 9.62 Å². The van der Waals surface area contributed by atoms with Crippen molar-refractivity contribution in [2.75, 3.05) is 6.61 Å². The Morgan fingerprint density at radius 1 is 1.31 bits per heavy atom. The van der Waals surface area contributed by atoms with Gasteiger partial charge in [0.05, 0.1) is 12.2 Å². The van der Waals surface area contributed by atoms with Gasteiger partial charge in [-0.2, -0.15) is 4.89 Å². The topological polar surface area (TPSA) is 44.8 Å². The SMILES string of the molecule is CCCCOC(=O)/C(C)=C/OOC(C)(C)C. The lowest BCUT2D eigenvalue weighted by Gasteiger charge is -2.16. The van der Waals surface area contributed by atoms with E-state index in [1.807, 2.05) is 27.7 Å². The Bertz CT molecular complexity index is 238. The third kappa shape index (κ3) is 8.29. The van der Waals surface area contributed by atoms with Crippen LogP contribution in [0.1, 0.15) is 47.5 Å². The largest absolute Gasteiger partial charge is 0.462 e. The standard InChI is InChI=1S/C12H22O4/c1-6-7-8-14-11(13)10(2)9-15-16-12(3,4)5/h9H,6-8H2,1-5H3/b10-9+. The van der Waals surface area contributed by atoms with Crippen LogP contribution in [0.25, 0.3) is 0 Å². The molecule has 0 unspecified atom stereocenters. The van der Waals surface area contributed by atoms with Crippen molar-refractivity contribution in [1.29, 1.82) is 0 Å². The number of unbranched alkanes of at least 4 members (excludes halogenated alkanes) is 1. The van der Waals surface area contributed by atoms with Crippen LogP contribution in [-0.4, -0.2) is 18.2 Å². The average molecular weight is 230 g/mol. The number of carbonyl (C=O) groups excluding carboxylic acids is 1. The van der Waals surface area contributed by atoms with Gasteiger partial charge in [-0.05, 0) is 34.1 Å². The minimum Gasteiger partial charge on any atom is -0.462 e. The van der Waals surface area contributed by atoms with Crippen molar-refractivity contribution in [3.8, 4) is 0 Å². The van der Waals surface area contributed by atoms with Crippen molar-refractivity contribution in [3.63, 3.8) is 0 Å². The van der Waals surface area contributed by atoms with Crippen LogP contribution in [-0.2, 0) is 19.3 Å². The van der Waals surface area contributed by atoms with E-state index in [1.165, 1.54) is 6.26 Å². The number of carbonyl (C=O) groups is 1. The molecule has 0 atom stereocenters. The number of esters is 1. The highest BCUT2D eigenvalue weighted by Gasteiger charge is 2.12. The highest BCUT2D eigenvalue weighted by Crippen LogP contribution is 2.08. The first-order valence-electron chi connectivity index (χ1n) is 5.55. The first kappa shape index (κ1) is 15.0. The molecule has 0 rings (SSSR count). The molecule has 0 bridgehead atoms. The maximum absolute atomic E-state index is 11.3. The maximum Gasteiger partial charge on any atom is 0.336 e. The summed E-state index contributed by atoms with van der Waals surface area (Å²) >= 11 is 0. The van der Waals surface area contributed by atoms with Crippen LogP contribution < -0.4 is 0 Å². The quantitative estimate of drug-likeness (QED) is 0.176. The second-order valence-corrected chi connectivity index (χ2v) is 4.58. The maximum atomic E-state index is 11.3. The summed E-state index contributed by atoms with van der Waals surface area (Å²) in [4.78, 5) is 21.2. The van der Waals surface area contributed by atoms with Crippen LogP contribution in [0.3, 0.4) is 0 Å². The Morgan fingerprint density at radius 2 is 1.94 bits per heavy atom. The minimum atomic E-state index is -0.400. The van der Waals surface area contributed by atoms with Gasteiger partial charge in [-0.1, -0.05) is 13.3 Å². The smallest absolute Gasteiger partial charge is 0.336 e. The van der Waals surface area contributed by atoms with Crippen LogP contribution in [0.15, 0.2) is 11.8 Å². The fourth-order valence-corrected chi connectivity index (χ4v) is 0.712. The van der Waals surface area contributed by atoms with Crippen molar-refractivity contribution in [1.82, 2.24) is 0 Å². The molecule has 0 aromatic heterocycles. The fraction of sp³-hybridized carbons (Fsp3) is 0.750. The van der Waals surface area contributed by atoms with Gasteiger partial charge in [0.25, 0.3) is 0 Å². The molecule has 0 spiro atoms. The van der Waals surface area contributed by atoms with Gasteiger partial charge in [0, 0.05) is 0 Å². The summed E-state index contributed by atoms with van der Waals surface area (Å²) in [6.45, 7) is 9.68. The monoisotopic (exact) mass is 230 g/mol. The van der Waals surface area contributed by atoms with E-state index in [4.69, 9.17) is 14.5 Å². The molecule has 0 amide bonds. The summed E-state index contributed by atoms with van der Waals surface area (Å²) in [5, 5.41) is 0. The van der Waals surface area contributed by atoms with Crippen LogP contribution in [0.4, 0.5) is 0 Å². The van der Waals surface area contributed by atoms with E-state index in [0.29, 0.717) is 12.2 Å². The summed E-state index contributed by atoms with van der Waals surface area (Å²) in [5.41, 5.74) is -0.0107. The lowest BCUT2D eigenvalue weighted by Crippen LogP contribution is -2.18. The lowest BCUT2D eigenvalue weighted by atomic mass is 10.2. The summed E-state index contributed by atoms with van der Waals surface area (Å²) in [6, 6.07) is 0. The van der Waals surface area contributed by atoms with Gasteiger partial charge in [0.2, 0.25) is 0 Å². The molecule has 0 saturated carbocycles. The number of hydrogen-bond donors (Lipinski definition) is 0. The predicted octanol–water partition coefficient (Wildman–Crippen LogP) is 2.98. The fourth-order valence-electron chi connectivity index (χ4n) is 0.712. The Labute approximate surface area is 97.5 Å². The zero-order valence-electron chi connectivity index (χ0n) is 10.8. The highest BCUT2D eigenvalue weighted by atomic mass is 17.2. The first-order valence-corrected chi connectivity index (χ1v) is 5.55. The molecule has 0 heterocycles. The summed E-state index contributed by atoms with van der Waals surface area (Å²) in [6.07, 6.45) is 3.14. The van der Waals surface area contributed by atoms with E-state index in [0.717, 1.165) is 12.8 Å². The second kappa shape index (κ2) is 7.28. The normalized spacial score (nSPS) is 12.4. The van der Waals surface area contributed by atoms with Crippen molar-refractivity contribution < 1.29 is 19.3 Å². The molecule has 0 aliphatic rings. The second-order valence-electron chi connectivity index (χ2n) is 4.58. The Morgan fingerprint density at radius 3 is 2.44 bits per heavy atom. The van der Waals surface area contributed by atoms with Crippen LogP contribution >= 0.6 is 0 Å². The zero-order chi connectivity index (χ0) is 12.6. The van der Waals surface area contributed by atoms with Crippen LogP contribution in [0, 0.1) is 0 Å². The van der Waals surface area contributed by atoms with Crippen molar-refractivity contribution in [3.05, 3.63) is 11.8 Å². The van der Waals surface area contributed by atoms with E-state index in [2.05, 4.69) is 0 Å². The third-order valence-corrected chi connectivity index (χ3v) is 1.58. The molecule has 4 nitrogen and oxygen atoms in total. The number of ether oxygens (including phenoxy) is 1. The molecule has 0 radical (unpaired) electrons. The Kier molecular flexibility index (Phi) is 6.81. The van der Waals surface area contributed by atoms with Gasteiger partial charge in [-0.3, -0.25) is 0 Å². The molecule has 4 heteroatoms. The zero-order valence-corrected chi connectivity index (χ0v) is 10.8. The Balaban J connectivity index is 3.88. The molecule has 0 aromatic rings. The van der Waals surface area contributed by atoms with Gasteiger partial charge in [-0.15, -0.1) is 0 Å². The van der Waals surface area contributed by atoms with Gasteiger partial charge >= 0.3 is 5.97 Å².